The molecule has 1 aliphatic heterocycles. The van der Waals surface area contributed by atoms with E-state index in [1.165, 1.54) is 0 Å². The molecule has 0 radical (unpaired) electrons. The Morgan fingerprint density at radius 2 is 1.47 bits per heavy atom. The fraction of sp³-hybridized carbons (Fsp3) is 0.244. The summed E-state index contributed by atoms with van der Waals surface area (Å²) >= 11 is 5.57. The molecule has 53 heavy (non-hydrogen) atoms. The van der Waals surface area contributed by atoms with Crippen LogP contribution in [-0.2, 0) is 25.2 Å². The van der Waals surface area contributed by atoms with Crippen molar-refractivity contribution < 1.29 is 27.8 Å². The molecule has 0 aliphatic carbocycles. The number of benzene rings is 4. The number of hydrogen-bond donors (Lipinski definition) is 1. The van der Waals surface area contributed by atoms with E-state index in [4.69, 9.17) is 35.6 Å². The van der Waals surface area contributed by atoms with Crippen molar-refractivity contribution in [2.24, 2.45) is 0 Å². The van der Waals surface area contributed by atoms with Crippen LogP contribution in [0.1, 0.15) is 32.6 Å². The quantitative estimate of drug-likeness (QED) is 0.0937. The molecular weight excluding hydrogens is 712 g/mol. The van der Waals surface area contributed by atoms with Crippen molar-refractivity contribution >= 4 is 36.1 Å². The standard InChI is InChI=1S/C41H41FN2O7SSi/c1-5-41(28-48-53(40(2,3)4,31-22-14-8-15-23-31)32-24-16-9-17-25-32)35(47-27-29-18-10-6-11-19-29)34(50-39(52)49-30-20-12-7-13-21-30)37(51-41)44-26-33(42)36(45)43-38(44)46/h5-26,34-35,37H,1,27-28H2,2-4H3,(H,43,45,46)/t34-,35+,37-,41-/m1/s1. The lowest BCUT2D eigenvalue weighted by molar-refractivity contribution is -0.112. The minimum absolute atomic E-state index is 0.0947. The maximum atomic E-state index is 14.9. The summed E-state index contributed by atoms with van der Waals surface area (Å²) in [5.74, 6) is -0.788. The summed E-state index contributed by atoms with van der Waals surface area (Å²) in [6.07, 6.45) is -1.36. The zero-order chi connectivity index (χ0) is 37.6. The first kappa shape index (κ1) is 37.8. The fourth-order valence-electron chi connectivity index (χ4n) is 6.81. The average Bonchev–Trinajstić information content (AvgIpc) is 3.45. The fourth-order valence-corrected chi connectivity index (χ4v) is 11.6. The summed E-state index contributed by atoms with van der Waals surface area (Å²) in [6.45, 7) is 10.6. The van der Waals surface area contributed by atoms with Crippen molar-refractivity contribution in [1.29, 1.82) is 0 Å². The van der Waals surface area contributed by atoms with Crippen molar-refractivity contribution in [3.05, 3.63) is 172 Å². The minimum Gasteiger partial charge on any atom is -0.445 e. The molecule has 0 unspecified atom stereocenters. The minimum atomic E-state index is -3.18. The second-order valence-electron chi connectivity index (χ2n) is 13.7. The van der Waals surface area contributed by atoms with E-state index in [2.05, 4.69) is 51.6 Å². The number of aromatic amines is 1. The van der Waals surface area contributed by atoms with Gasteiger partial charge in [0.2, 0.25) is 5.82 Å². The highest BCUT2D eigenvalue weighted by atomic mass is 32.1. The van der Waals surface area contributed by atoms with Crippen LogP contribution in [0.5, 0.6) is 5.75 Å². The SMILES string of the molecule is C=C[C@]1(CO[Si](c2ccccc2)(c2ccccc2)C(C)(C)C)O[C@@H](n2cc(F)c(=O)[nH]c2=O)[C@H](OC(=S)Oc2ccccc2)[C@@H]1OCc1ccccc1. The van der Waals surface area contributed by atoms with Gasteiger partial charge in [0.25, 0.3) is 13.9 Å². The number of ether oxygens (including phenoxy) is 4. The summed E-state index contributed by atoms with van der Waals surface area (Å²) in [5.41, 5.74) is -2.78. The molecule has 1 aromatic heterocycles. The van der Waals surface area contributed by atoms with E-state index in [0.717, 1.165) is 26.7 Å². The van der Waals surface area contributed by atoms with Gasteiger partial charge in [-0.1, -0.05) is 136 Å². The molecule has 9 nitrogen and oxygen atoms in total. The first-order chi connectivity index (χ1) is 25.5. The van der Waals surface area contributed by atoms with Crippen LogP contribution in [-0.4, -0.2) is 47.5 Å². The molecule has 0 spiro atoms. The molecule has 6 rings (SSSR count). The van der Waals surface area contributed by atoms with E-state index < -0.39 is 54.5 Å². The first-order valence-electron chi connectivity index (χ1n) is 17.1. The molecule has 1 saturated heterocycles. The van der Waals surface area contributed by atoms with Gasteiger partial charge >= 0.3 is 10.9 Å². The predicted octanol–water partition coefficient (Wildman–Crippen LogP) is 6.04. The van der Waals surface area contributed by atoms with Gasteiger partial charge in [-0.3, -0.25) is 14.3 Å². The van der Waals surface area contributed by atoms with Gasteiger partial charge < -0.3 is 23.4 Å². The number of nitrogens with one attached hydrogen (secondary N) is 1. The Kier molecular flexibility index (Phi) is 11.4. The highest BCUT2D eigenvalue weighted by Gasteiger charge is 2.60. The van der Waals surface area contributed by atoms with Crippen LogP contribution in [0.2, 0.25) is 5.04 Å². The van der Waals surface area contributed by atoms with Crippen LogP contribution >= 0.6 is 12.2 Å². The van der Waals surface area contributed by atoms with Gasteiger partial charge in [0.15, 0.2) is 12.3 Å². The van der Waals surface area contributed by atoms with E-state index in [1.807, 2.05) is 77.8 Å². The second kappa shape index (κ2) is 15.9. The molecule has 5 aromatic rings. The van der Waals surface area contributed by atoms with Crippen LogP contribution < -0.4 is 26.4 Å². The molecule has 1 aliphatic rings. The highest BCUT2D eigenvalue weighted by Crippen LogP contribution is 2.44. The predicted molar refractivity (Wildman–Crippen MR) is 207 cm³/mol. The van der Waals surface area contributed by atoms with Crippen LogP contribution in [0, 0.1) is 5.82 Å². The molecule has 1 fully saturated rings. The number of H-pyrrole nitrogens is 1. The van der Waals surface area contributed by atoms with Crippen molar-refractivity contribution in [3.63, 3.8) is 0 Å². The first-order valence-corrected chi connectivity index (χ1v) is 19.5. The zero-order valence-corrected chi connectivity index (χ0v) is 31.5. The Morgan fingerprint density at radius 3 is 2.02 bits per heavy atom. The van der Waals surface area contributed by atoms with Gasteiger partial charge in [-0.2, -0.15) is 4.39 Å². The van der Waals surface area contributed by atoms with E-state index in [-0.39, 0.29) is 18.5 Å². The molecule has 4 atom stereocenters. The highest BCUT2D eigenvalue weighted by molar-refractivity contribution is 7.79. The molecule has 274 valence electrons. The summed E-state index contributed by atoms with van der Waals surface area (Å²) in [5, 5.41) is 1.35. The molecule has 2 heterocycles. The summed E-state index contributed by atoms with van der Waals surface area (Å²) in [6, 6.07) is 38.4. The number of thiocarbonyl (C=S) groups is 1. The lowest BCUT2D eigenvalue weighted by Gasteiger charge is -2.45. The zero-order valence-electron chi connectivity index (χ0n) is 29.6. The van der Waals surface area contributed by atoms with Gasteiger partial charge in [-0.05, 0) is 33.1 Å². The number of para-hydroxylation sites is 1. The van der Waals surface area contributed by atoms with E-state index in [1.54, 1.807) is 30.3 Å². The number of hydrogen-bond acceptors (Lipinski definition) is 8. The van der Waals surface area contributed by atoms with Crippen molar-refractivity contribution in [2.75, 3.05) is 6.61 Å². The van der Waals surface area contributed by atoms with E-state index in [0.29, 0.717) is 5.75 Å². The largest absolute Gasteiger partial charge is 0.445 e. The third-order valence-electron chi connectivity index (χ3n) is 9.33. The average molecular weight is 753 g/mol. The van der Waals surface area contributed by atoms with Gasteiger partial charge in [0.05, 0.1) is 19.4 Å². The van der Waals surface area contributed by atoms with Crippen LogP contribution in [0.15, 0.2) is 150 Å². The summed E-state index contributed by atoms with van der Waals surface area (Å²) < 4.78 is 48.8. The smallest absolute Gasteiger partial charge is 0.358 e. The molecule has 1 N–H and O–H groups in total. The van der Waals surface area contributed by atoms with Crippen molar-refractivity contribution in [1.82, 2.24) is 9.55 Å². The van der Waals surface area contributed by atoms with E-state index >= 15 is 0 Å². The number of rotatable bonds is 12. The maximum absolute atomic E-state index is 14.9. The number of nitrogens with zero attached hydrogens (tertiary/aromatic N) is 1. The van der Waals surface area contributed by atoms with Crippen molar-refractivity contribution in [3.8, 4) is 5.75 Å². The second-order valence-corrected chi connectivity index (χ2v) is 18.4. The molecule has 0 bridgehead atoms. The van der Waals surface area contributed by atoms with Gasteiger partial charge in [0.1, 0.15) is 17.5 Å². The Bertz CT molecular complexity index is 2090. The number of halogens is 1. The number of aromatic nitrogens is 2. The maximum Gasteiger partial charge on any atom is 0.358 e. The van der Waals surface area contributed by atoms with Gasteiger partial charge in [-0.25, -0.2) is 4.79 Å². The third-order valence-corrected chi connectivity index (χ3v) is 14.5. The Morgan fingerprint density at radius 1 is 0.925 bits per heavy atom. The molecule has 4 aromatic carbocycles. The lowest BCUT2D eigenvalue weighted by atomic mass is 9.95. The normalized spacial score (nSPS) is 20.1. The molecule has 12 heteroatoms. The Labute approximate surface area is 313 Å². The van der Waals surface area contributed by atoms with Crippen LogP contribution in [0.4, 0.5) is 4.39 Å². The third kappa shape index (κ3) is 7.87. The van der Waals surface area contributed by atoms with Gasteiger partial charge in [-0.15, -0.1) is 6.58 Å². The lowest BCUT2D eigenvalue weighted by Crippen LogP contribution is -2.68. The topological polar surface area (TPSA) is 101 Å². The molecule has 0 amide bonds. The molecular formula is C41H41FN2O7SSi. The molecule has 0 saturated carbocycles. The Balaban J connectivity index is 1.49. The monoisotopic (exact) mass is 752 g/mol. The van der Waals surface area contributed by atoms with Gasteiger partial charge in [0, 0.05) is 12.2 Å². The van der Waals surface area contributed by atoms with Crippen LogP contribution in [0.3, 0.4) is 0 Å². The van der Waals surface area contributed by atoms with Crippen LogP contribution in [0.25, 0.3) is 0 Å². The summed E-state index contributed by atoms with van der Waals surface area (Å²) in [7, 11) is -3.18. The Hall–Kier alpha value is -4.98. The van der Waals surface area contributed by atoms with Crippen molar-refractivity contribution in [2.45, 2.75) is 56.5 Å². The summed E-state index contributed by atoms with van der Waals surface area (Å²) in [4.78, 5) is 27.5. The van der Waals surface area contributed by atoms with E-state index in [9.17, 15) is 14.0 Å².